The molecule has 0 heterocycles. The van der Waals surface area contributed by atoms with Crippen LogP contribution in [0.5, 0.6) is 17.2 Å². The van der Waals surface area contributed by atoms with Crippen molar-refractivity contribution in [1.82, 2.24) is 5.32 Å². The highest BCUT2D eigenvalue weighted by atomic mass is 32.2. The van der Waals surface area contributed by atoms with E-state index in [-0.39, 0.29) is 17.2 Å². The maximum atomic E-state index is 13.8. The van der Waals surface area contributed by atoms with Gasteiger partial charge in [0.15, 0.2) is 11.5 Å². The Hall–Kier alpha value is -6.53. The highest BCUT2D eigenvalue weighted by Crippen LogP contribution is 2.38. The van der Waals surface area contributed by atoms with Gasteiger partial charge < -0.3 is 34.9 Å². The van der Waals surface area contributed by atoms with Crippen molar-refractivity contribution >= 4 is 52.9 Å². The minimum absolute atomic E-state index is 0.0594. The number of ether oxygens (including phenoxy) is 4. The summed E-state index contributed by atoms with van der Waals surface area (Å²) in [7, 11) is 5.75. The molecule has 0 aliphatic rings. The molecule has 1 atom stereocenters. The summed E-state index contributed by atoms with van der Waals surface area (Å²) in [6, 6.07) is 34.6. The van der Waals surface area contributed by atoms with E-state index in [1.54, 1.807) is 91.0 Å². The quantitative estimate of drug-likeness (QED) is 0.0606. The first-order valence-corrected chi connectivity index (χ1v) is 17.1. The van der Waals surface area contributed by atoms with Crippen molar-refractivity contribution in [2.75, 3.05) is 39.1 Å². The number of para-hydroxylation sites is 1. The van der Waals surface area contributed by atoms with Gasteiger partial charge in [-0.1, -0.05) is 60.7 Å². The molecular formula is C41H37N3O8S. The smallest absolute Gasteiger partial charge is 0.339 e. The van der Waals surface area contributed by atoms with E-state index >= 15 is 0 Å². The number of esters is 1. The zero-order chi connectivity index (χ0) is 37.7. The summed E-state index contributed by atoms with van der Waals surface area (Å²) < 4.78 is 21.3. The molecule has 0 aliphatic carbocycles. The van der Waals surface area contributed by atoms with Crippen LogP contribution in [0, 0.1) is 0 Å². The molecule has 1 unspecified atom stereocenters. The molecule has 0 aliphatic heterocycles. The summed E-state index contributed by atoms with van der Waals surface area (Å²) >= 11 is 1.30. The Morgan fingerprint density at radius 1 is 0.660 bits per heavy atom. The molecule has 0 radical (unpaired) electrons. The number of methoxy groups -OCH3 is 4. The number of hydrogen-bond donors (Lipinski definition) is 3. The predicted octanol–water partition coefficient (Wildman–Crippen LogP) is 7.38. The summed E-state index contributed by atoms with van der Waals surface area (Å²) in [6.07, 6.45) is 1.49. The molecule has 3 amide bonds. The Kier molecular flexibility index (Phi) is 12.9. The van der Waals surface area contributed by atoms with E-state index < -0.39 is 23.0 Å². The van der Waals surface area contributed by atoms with Crippen LogP contribution in [0.1, 0.15) is 37.1 Å². The Morgan fingerprint density at radius 2 is 1.26 bits per heavy atom. The highest BCUT2D eigenvalue weighted by Gasteiger charge is 2.24. The molecule has 53 heavy (non-hydrogen) atoms. The first kappa shape index (κ1) is 37.7. The highest BCUT2D eigenvalue weighted by molar-refractivity contribution is 8.00. The zero-order valence-electron chi connectivity index (χ0n) is 29.4. The van der Waals surface area contributed by atoms with E-state index in [0.29, 0.717) is 39.8 Å². The van der Waals surface area contributed by atoms with Crippen LogP contribution in [0.15, 0.2) is 132 Å². The molecular weight excluding hydrogens is 695 g/mol. The van der Waals surface area contributed by atoms with Crippen molar-refractivity contribution in [2.24, 2.45) is 0 Å². The lowest BCUT2D eigenvalue weighted by Gasteiger charge is -2.18. The van der Waals surface area contributed by atoms with Crippen LogP contribution in [-0.4, -0.2) is 52.1 Å². The van der Waals surface area contributed by atoms with Gasteiger partial charge in [0.05, 0.1) is 39.7 Å². The number of hydrogen-bond acceptors (Lipinski definition) is 9. The molecule has 0 saturated carbocycles. The van der Waals surface area contributed by atoms with Gasteiger partial charge in [-0.2, -0.15) is 0 Å². The molecule has 0 spiro atoms. The Balaban J connectivity index is 1.39. The van der Waals surface area contributed by atoms with E-state index in [9.17, 15) is 19.2 Å². The van der Waals surface area contributed by atoms with Gasteiger partial charge in [-0.05, 0) is 66.2 Å². The second-order valence-electron chi connectivity index (χ2n) is 11.2. The number of nitrogens with one attached hydrogen (secondary N) is 3. The van der Waals surface area contributed by atoms with Crippen LogP contribution in [0.3, 0.4) is 0 Å². The van der Waals surface area contributed by atoms with Gasteiger partial charge in [0.25, 0.3) is 11.8 Å². The molecule has 5 rings (SSSR count). The summed E-state index contributed by atoms with van der Waals surface area (Å²) in [6.45, 7) is 0. The van der Waals surface area contributed by atoms with E-state index in [4.69, 9.17) is 18.9 Å². The number of benzene rings is 5. The third kappa shape index (κ3) is 9.63. The van der Waals surface area contributed by atoms with Crippen LogP contribution >= 0.6 is 11.8 Å². The fourth-order valence-electron chi connectivity index (χ4n) is 5.19. The van der Waals surface area contributed by atoms with E-state index in [0.717, 1.165) is 10.5 Å². The average molecular weight is 732 g/mol. The fourth-order valence-corrected chi connectivity index (χ4v) is 6.22. The molecule has 0 saturated heterocycles. The number of carbonyl (C=O) groups excluding carboxylic acids is 4. The molecule has 11 nitrogen and oxygen atoms in total. The number of rotatable bonds is 14. The number of carbonyl (C=O) groups is 4. The standard InChI is InChI=1S/C41H37N3O8S/c1-49-34-25-36(51-3)35(50-2)24-28(34)23-33(44-38(45)27-15-9-6-10-16-27)39(46)42-29-19-21-30(22-20-29)53-37(26-13-7-5-8-14-26)40(47)43-32-18-12-11-17-31(32)41(48)52-4/h5-25,37H,1-4H3,(H,42,46)(H,43,47)(H,44,45)/b33-23-. The Bertz CT molecular complexity index is 2110. The van der Waals surface area contributed by atoms with Gasteiger partial charge in [-0.15, -0.1) is 11.8 Å². The summed E-state index contributed by atoms with van der Waals surface area (Å²) in [5.41, 5.74) is 2.50. The Labute approximate surface area is 311 Å². The monoisotopic (exact) mass is 731 g/mol. The van der Waals surface area contributed by atoms with E-state index in [1.807, 2.05) is 30.3 Å². The summed E-state index contributed by atoms with van der Waals surface area (Å²) in [4.78, 5) is 53.8. The topological polar surface area (TPSA) is 141 Å². The van der Waals surface area contributed by atoms with Crippen molar-refractivity contribution < 1.29 is 38.1 Å². The van der Waals surface area contributed by atoms with Crippen molar-refractivity contribution in [1.29, 1.82) is 0 Å². The summed E-state index contributed by atoms with van der Waals surface area (Å²) in [5.74, 6) is -0.787. The van der Waals surface area contributed by atoms with Crippen molar-refractivity contribution in [2.45, 2.75) is 10.1 Å². The van der Waals surface area contributed by atoms with Crippen LogP contribution in [-0.2, 0) is 14.3 Å². The van der Waals surface area contributed by atoms with Gasteiger partial charge >= 0.3 is 5.97 Å². The Morgan fingerprint density at radius 3 is 1.91 bits per heavy atom. The fraction of sp³-hybridized carbons (Fsp3) is 0.122. The molecule has 5 aromatic rings. The molecule has 0 aromatic heterocycles. The average Bonchev–Trinajstić information content (AvgIpc) is 3.20. The lowest BCUT2D eigenvalue weighted by atomic mass is 10.1. The summed E-state index contributed by atoms with van der Waals surface area (Å²) in [5, 5.41) is 7.76. The second-order valence-corrected chi connectivity index (χ2v) is 12.4. The van der Waals surface area contributed by atoms with Crippen molar-refractivity contribution in [3.63, 3.8) is 0 Å². The van der Waals surface area contributed by atoms with Crippen molar-refractivity contribution in [3.05, 3.63) is 149 Å². The third-order valence-electron chi connectivity index (χ3n) is 7.86. The third-order valence-corrected chi connectivity index (χ3v) is 9.13. The van der Waals surface area contributed by atoms with Gasteiger partial charge in [0.2, 0.25) is 5.91 Å². The SMILES string of the molecule is COC(=O)c1ccccc1NC(=O)C(Sc1ccc(NC(=O)/C(=C/c2cc(OC)c(OC)cc2OC)NC(=O)c2ccccc2)cc1)c1ccccc1. The molecule has 5 aromatic carbocycles. The van der Waals surface area contributed by atoms with Gasteiger partial charge in [-0.3, -0.25) is 14.4 Å². The molecule has 0 bridgehead atoms. The largest absolute Gasteiger partial charge is 0.496 e. The zero-order valence-corrected chi connectivity index (χ0v) is 30.2. The number of amides is 3. The minimum Gasteiger partial charge on any atom is -0.496 e. The number of anilines is 2. The lowest BCUT2D eigenvalue weighted by Crippen LogP contribution is -2.30. The van der Waals surface area contributed by atoms with Crippen LogP contribution in [0.4, 0.5) is 11.4 Å². The first-order chi connectivity index (χ1) is 25.7. The molecule has 270 valence electrons. The maximum Gasteiger partial charge on any atom is 0.339 e. The number of thioether (sulfide) groups is 1. The van der Waals surface area contributed by atoms with E-state index in [2.05, 4.69) is 16.0 Å². The normalized spacial score (nSPS) is 11.4. The van der Waals surface area contributed by atoms with Crippen molar-refractivity contribution in [3.8, 4) is 17.2 Å². The molecule has 0 fully saturated rings. The van der Waals surface area contributed by atoms with Gasteiger partial charge in [-0.25, -0.2) is 4.79 Å². The first-order valence-electron chi connectivity index (χ1n) is 16.2. The molecule has 12 heteroatoms. The van der Waals surface area contributed by atoms with E-state index in [1.165, 1.54) is 46.3 Å². The van der Waals surface area contributed by atoms with Crippen LogP contribution in [0.2, 0.25) is 0 Å². The second kappa shape index (κ2) is 18.1. The van der Waals surface area contributed by atoms with Crippen LogP contribution < -0.4 is 30.2 Å². The molecule has 3 N–H and O–H groups in total. The van der Waals surface area contributed by atoms with Gasteiger partial charge in [0.1, 0.15) is 16.7 Å². The lowest BCUT2D eigenvalue weighted by molar-refractivity contribution is -0.116. The maximum absolute atomic E-state index is 13.8. The predicted molar refractivity (Wildman–Crippen MR) is 205 cm³/mol. The van der Waals surface area contributed by atoms with Gasteiger partial charge in [0, 0.05) is 27.8 Å². The minimum atomic E-state index is -0.693. The van der Waals surface area contributed by atoms with Crippen LogP contribution in [0.25, 0.3) is 6.08 Å².